The van der Waals surface area contributed by atoms with Crippen molar-refractivity contribution in [2.75, 3.05) is 9.80 Å². The van der Waals surface area contributed by atoms with E-state index in [-0.39, 0.29) is 23.9 Å². The molecule has 0 saturated heterocycles. The van der Waals surface area contributed by atoms with Crippen LogP contribution in [-0.2, 0) is 4.79 Å². The van der Waals surface area contributed by atoms with E-state index < -0.39 is 0 Å². The molecule has 0 saturated carbocycles. The van der Waals surface area contributed by atoms with Crippen LogP contribution in [0.5, 0.6) is 0 Å². The lowest BCUT2D eigenvalue weighted by Crippen LogP contribution is -2.47. The number of anilines is 2. The number of amides is 2. The van der Waals surface area contributed by atoms with E-state index in [4.69, 9.17) is 0 Å². The molecule has 2 aromatic carbocycles. The summed E-state index contributed by atoms with van der Waals surface area (Å²) < 4.78 is 0. The Labute approximate surface area is 181 Å². The second-order valence-corrected chi connectivity index (χ2v) is 8.91. The molecule has 0 aliphatic carbocycles. The van der Waals surface area contributed by atoms with Crippen molar-refractivity contribution in [1.29, 1.82) is 0 Å². The van der Waals surface area contributed by atoms with Gasteiger partial charge < -0.3 is 9.80 Å². The van der Waals surface area contributed by atoms with Crippen molar-refractivity contribution >= 4 is 34.5 Å². The van der Waals surface area contributed by atoms with Crippen molar-refractivity contribution in [3.8, 4) is 0 Å². The Hall–Kier alpha value is -2.99. The molecule has 1 aromatic heterocycles. The normalized spacial score (nSPS) is 18.1. The summed E-state index contributed by atoms with van der Waals surface area (Å²) in [6, 6.07) is 17.4. The smallest absolute Gasteiger partial charge is 0.270 e. The van der Waals surface area contributed by atoms with Crippen LogP contribution in [0.4, 0.5) is 11.4 Å². The lowest BCUT2D eigenvalue weighted by Gasteiger charge is -2.43. The molecule has 0 radical (unpaired) electrons. The van der Waals surface area contributed by atoms with Crippen molar-refractivity contribution < 1.29 is 9.59 Å². The molecule has 0 bridgehead atoms. The van der Waals surface area contributed by atoms with Gasteiger partial charge >= 0.3 is 0 Å². The van der Waals surface area contributed by atoms with Crippen LogP contribution < -0.4 is 9.80 Å². The minimum atomic E-state index is -0.135. The molecular formula is C24H25N3O2S. The fraction of sp³-hybridized carbons (Fsp3) is 0.292. The van der Waals surface area contributed by atoms with E-state index in [9.17, 15) is 9.59 Å². The number of hydrogen-bond acceptors (Lipinski definition) is 4. The quantitative estimate of drug-likeness (QED) is 0.579. The van der Waals surface area contributed by atoms with Gasteiger partial charge in [-0.2, -0.15) is 0 Å². The van der Waals surface area contributed by atoms with Crippen LogP contribution in [0, 0.1) is 13.8 Å². The Morgan fingerprint density at radius 3 is 2.37 bits per heavy atom. The maximum absolute atomic E-state index is 13.5. The van der Waals surface area contributed by atoms with Crippen LogP contribution in [0.1, 0.15) is 52.2 Å². The fourth-order valence-corrected chi connectivity index (χ4v) is 5.20. The number of aryl methyl sites for hydroxylation is 2. The van der Waals surface area contributed by atoms with Crippen molar-refractivity contribution in [1.82, 2.24) is 4.98 Å². The summed E-state index contributed by atoms with van der Waals surface area (Å²) in [5, 5.41) is 0.888. The summed E-state index contributed by atoms with van der Waals surface area (Å²) in [6.45, 7) is 7.45. The van der Waals surface area contributed by atoms with Gasteiger partial charge in [-0.3, -0.25) is 9.59 Å². The summed E-state index contributed by atoms with van der Waals surface area (Å²) in [4.78, 5) is 35.0. The molecule has 1 aliphatic heterocycles. The number of benzene rings is 2. The van der Waals surface area contributed by atoms with Crippen LogP contribution >= 0.6 is 11.3 Å². The fourth-order valence-electron chi connectivity index (χ4n) is 4.34. The highest BCUT2D eigenvalue weighted by atomic mass is 32.1. The van der Waals surface area contributed by atoms with E-state index in [1.54, 1.807) is 6.92 Å². The van der Waals surface area contributed by atoms with Crippen LogP contribution in [0.3, 0.4) is 0 Å². The average Bonchev–Trinajstić information content (AvgIpc) is 3.06. The monoisotopic (exact) mass is 419 g/mol. The Kier molecular flexibility index (Phi) is 5.43. The first-order chi connectivity index (χ1) is 14.4. The summed E-state index contributed by atoms with van der Waals surface area (Å²) in [7, 11) is 0. The lowest BCUT2D eigenvalue weighted by molar-refractivity contribution is -0.117. The number of aromatic nitrogens is 1. The Bertz CT molecular complexity index is 1090. The van der Waals surface area contributed by atoms with E-state index in [1.807, 2.05) is 85.2 Å². The van der Waals surface area contributed by atoms with Crippen molar-refractivity contribution in [2.45, 2.75) is 46.2 Å². The van der Waals surface area contributed by atoms with Crippen LogP contribution in [0.2, 0.25) is 0 Å². The first-order valence-corrected chi connectivity index (χ1v) is 10.9. The standard InChI is InChI=1S/C24H25N3O2S/c1-15-14-22(27(18(4)28)19-10-6-5-7-11-19)20-12-8-9-13-21(20)26(15)24(29)23-16(2)25-17(3)30-23/h5-13,15,22H,14H2,1-4H3/t15-,22+/m0/s1. The predicted molar refractivity (Wildman–Crippen MR) is 121 cm³/mol. The minimum absolute atomic E-state index is 0.0121. The molecule has 4 rings (SSSR count). The number of thiazole rings is 1. The van der Waals surface area contributed by atoms with E-state index in [2.05, 4.69) is 4.98 Å². The summed E-state index contributed by atoms with van der Waals surface area (Å²) in [6.07, 6.45) is 0.661. The van der Waals surface area contributed by atoms with Crippen LogP contribution in [-0.4, -0.2) is 22.8 Å². The van der Waals surface area contributed by atoms with Crippen molar-refractivity contribution in [2.24, 2.45) is 0 Å². The van der Waals surface area contributed by atoms with Gasteiger partial charge in [0.2, 0.25) is 5.91 Å². The molecule has 0 fully saturated rings. The van der Waals surface area contributed by atoms with Crippen molar-refractivity contribution in [3.63, 3.8) is 0 Å². The second-order valence-electron chi connectivity index (χ2n) is 7.71. The second kappa shape index (κ2) is 8.03. The third kappa shape index (κ3) is 3.52. The van der Waals surface area contributed by atoms with Crippen LogP contribution in [0.25, 0.3) is 0 Å². The van der Waals surface area contributed by atoms with E-state index in [0.717, 1.165) is 27.6 Å². The van der Waals surface area contributed by atoms with E-state index in [0.29, 0.717) is 11.3 Å². The summed E-state index contributed by atoms with van der Waals surface area (Å²) in [5.74, 6) is -0.0347. The van der Waals surface area contributed by atoms with Gasteiger partial charge in [0.05, 0.1) is 16.7 Å². The molecule has 154 valence electrons. The van der Waals surface area contributed by atoms with Gasteiger partial charge in [0.1, 0.15) is 4.88 Å². The number of carbonyl (C=O) groups excluding carboxylic acids is 2. The Balaban J connectivity index is 1.80. The zero-order chi connectivity index (χ0) is 21.4. The van der Waals surface area contributed by atoms with Gasteiger partial charge in [-0.1, -0.05) is 36.4 Å². The highest BCUT2D eigenvalue weighted by molar-refractivity contribution is 7.13. The molecule has 1 aliphatic rings. The average molecular weight is 420 g/mol. The number of fused-ring (bicyclic) bond motifs is 1. The molecule has 0 N–H and O–H groups in total. The molecular weight excluding hydrogens is 394 g/mol. The maximum atomic E-state index is 13.5. The Morgan fingerprint density at radius 1 is 1.07 bits per heavy atom. The number of hydrogen-bond donors (Lipinski definition) is 0. The zero-order valence-electron chi connectivity index (χ0n) is 17.6. The molecule has 5 nitrogen and oxygen atoms in total. The molecule has 2 heterocycles. The van der Waals surface area contributed by atoms with Gasteiger partial charge in [0, 0.05) is 24.3 Å². The first-order valence-electron chi connectivity index (χ1n) is 10.1. The molecule has 6 heteroatoms. The number of carbonyl (C=O) groups is 2. The molecule has 2 atom stereocenters. The molecule has 30 heavy (non-hydrogen) atoms. The van der Waals surface area contributed by atoms with Gasteiger partial charge in [-0.15, -0.1) is 11.3 Å². The third-order valence-electron chi connectivity index (χ3n) is 5.56. The first kappa shape index (κ1) is 20.3. The molecule has 3 aromatic rings. The highest BCUT2D eigenvalue weighted by Gasteiger charge is 2.38. The maximum Gasteiger partial charge on any atom is 0.270 e. The highest BCUT2D eigenvalue weighted by Crippen LogP contribution is 2.43. The SMILES string of the molecule is CC(=O)N(c1ccccc1)[C@@H]1C[C@H](C)N(C(=O)c2sc(C)nc2C)c2ccccc21. The molecule has 0 spiro atoms. The topological polar surface area (TPSA) is 53.5 Å². The number of para-hydroxylation sites is 2. The van der Waals surface area contributed by atoms with E-state index >= 15 is 0 Å². The molecule has 0 unspecified atom stereocenters. The van der Waals surface area contributed by atoms with Crippen LogP contribution in [0.15, 0.2) is 54.6 Å². The predicted octanol–water partition coefficient (Wildman–Crippen LogP) is 5.29. The van der Waals surface area contributed by atoms with E-state index in [1.165, 1.54) is 11.3 Å². The number of rotatable bonds is 3. The minimum Gasteiger partial charge on any atom is -0.305 e. The van der Waals surface area contributed by atoms with Crippen molar-refractivity contribution in [3.05, 3.63) is 75.7 Å². The summed E-state index contributed by atoms with van der Waals surface area (Å²) >= 11 is 1.43. The van der Waals surface area contributed by atoms with Gasteiger partial charge in [0.25, 0.3) is 5.91 Å². The lowest BCUT2D eigenvalue weighted by atomic mass is 9.89. The third-order valence-corrected chi connectivity index (χ3v) is 6.62. The largest absolute Gasteiger partial charge is 0.305 e. The van der Waals surface area contributed by atoms with Gasteiger partial charge in [-0.05, 0) is 51.0 Å². The molecule has 2 amide bonds. The van der Waals surface area contributed by atoms with Gasteiger partial charge in [-0.25, -0.2) is 4.98 Å². The number of nitrogens with zero attached hydrogens (tertiary/aromatic N) is 3. The Morgan fingerprint density at radius 2 is 1.73 bits per heavy atom. The van der Waals surface area contributed by atoms with Gasteiger partial charge in [0.15, 0.2) is 0 Å². The summed E-state index contributed by atoms with van der Waals surface area (Å²) in [5.41, 5.74) is 3.48. The zero-order valence-corrected chi connectivity index (χ0v) is 18.4.